The number of hydrogen-bond acceptors (Lipinski definition) is 4. The number of hydrogen-bond donors (Lipinski definition) is 1. The van der Waals surface area contributed by atoms with E-state index in [9.17, 15) is 10.1 Å². The normalized spacial score (nSPS) is 15.4. The van der Waals surface area contributed by atoms with E-state index in [1.165, 1.54) is 16.8 Å². The first-order valence-electron chi connectivity index (χ1n) is 8.40. The van der Waals surface area contributed by atoms with Crippen molar-refractivity contribution in [3.05, 3.63) is 41.1 Å². The molecule has 0 aliphatic carbocycles. The first kappa shape index (κ1) is 17.9. The fourth-order valence-electron chi connectivity index (χ4n) is 2.83. The van der Waals surface area contributed by atoms with Crippen molar-refractivity contribution in [1.82, 2.24) is 10.2 Å². The smallest absolute Gasteiger partial charge is 0.263 e. The molecule has 1 heterocycles. The number of nitrogens with zero attached hydrogens (tertiary/aromatic N) is 3. The Kier molecular flexibility index (Phi) is 5.86. The van der Waals surface area contributed by atoms with E-state index in [0.717, 1.165) is 26.2 Å². The summed E-state index contributed by atoms with van der Waals surface area (Å²) in [5, 5.41) is 12.0. The molecule has 0 radical (unpaired) electrons. The van der Waals surface area contributed by atoms with Crippen molar-refractivity contribution >= 4 is 11.6 Å². The van der Waals surface area contributed by atoms with E-state index in [4.69, 9.17) is 0 Å². The summed E-state index contributed by atoms with van der Waals surface area (Å²) in [5.41, 5.74) is 4.06. The number of aryl methyl sites for hydroxylation is 1. The van der Waals surface area contributed by atoms with Crippen LogP contribution in [0.15, 0.2) is 30.0 Å². The van der Waals surface area contributed by atoms with Crippen LogP contribution in [0.5, 0.6) is 0 Å². The van der Waals surface area contributed by atoms with Crippen LogP contribution in [0.2, 0.25) is 0 Å². The Hall–Kier alpha value is -2.48. The maximum Gasteiger partial charge on any atom is 0.263 e. The minimum atomic E-state index is -0.301. The van der Waals surface area contributed by atoms with Crippen LogP contribution in [0.4, 0.5) is 5.69 Å². The van der Waals surface area contributed by atoms with Crippen molar-refractivity contribution < 1.29 is 4.79 Å². The molecule has 5 heteroatoms. The van der Waals surface area contributed by atoms with Crippen molar-refractivity contribution in [2.24, 2.45) is 0 Å². The van der Waals surface area contributed by atoms with Crippen molar-refractivity contribution in [1.29, 1.82) is 5.26 Å². The van der Waals surface area contributed by atoms with Gasteiger partial charge in [0.25, 0.3) is 5.91 Å². The van der Waals surface area contributed by atoms with Gasteiger partial charge in [-0.05, 0) is 44.9 Å². The number of carbonyl (C=O) groups is 1. The maximum atomic E-state index is 12.0. The lowest BCUT2D eigenvalue weighted by Gasteiger charge is -2.36. The SMILES string of the molecule is Cc1cccc(N2CCN(/C=C(/C#N)C(=O)NC(C)C)CC2)c1C. The molecule has 0 spiro atoms. The Morgan fingerprint density at radius 2 is 1.92 bits per heavy atom. The summed E-state index contributed by atoms with van der Waals surface area (Å²) in [6.07, 6.45) is 1.69. The molecule has 1 fully saturated rings. The monoisotopic (exact) mass is 326 g/mol. The Bertz CT molecular complexity index is 664. The van der Waals surface area contributed by atoms with E-state index in [1.807, 2.05) is 19.9 Å². The molecule has 1 aliphatic heterocycles. The quantitative estimate of drug-likeness (QED) is 0.682. The van der Waals surface area contributed by atoms with E-state index in [1.54, 1.807) is 6.20 Å². The summed E-state index contributed by atoms with van der Waals surface area (Å²) in [6, 6.07) is 8.41. The molecule has 1 aromatic carbocycles. The number of anilines is 1. The average Bonchev–Trinajstić information content (AvgIpc) is 2.55. The molecule has 0 bridgehead atoms. The highest BCUT2D eigenvalue weighted by molar-refractivity contribution is 5.97. The molecule has 0 saturated carbocycles. The summed E-state index contributed by atoms with van der Waals surface area (Å²) >= 11 is 0. The average molecular weight is 326 g/mol. The van der Waals surface area contributed by atoms with Gasteiger partial charge >= 0.3 is 0 Å². The molecule has 2 rings (SSSR count). The number of nitriles is 1. The topological polar surface area (TPSA) is 59.4 Å². The van der Waals surface area contributed by atoms with Crippen molar-refractivity contribution in [3.8, 4) is 6.07 Å². The van der Waals surface area contributed by atoms with Crippen LogP contribution in [0.1, 0.15) is 25.0 Å². The summed E-state index contributed by atoms with van der Waals surface area (Å²) in [6.45, 7) is 11.4. The van der Waals surface area contributed by atoms with Crippen molar-refractivity contribution in [3.63, 3.8) is 0 Å². The molecule has 5 nitrogen and oxygen atoms in total. The van der Waals surface area contributed by atoms with Crippen molar-refractivity contribution in [2.45, 2.75) is 33.7 Å². The zero-order valence-corrected chi connectivity index (χ0v) is 15.0. The standard InChI is InChI=1S/C19H26N4O/c1-14(2)21-19(24)17(12-20)13-22-8-10-23(11-9-22)18-7-5-6-15(3)16(18)4/h5-7,13-14H,8-11H2,1-4H3,(H,21,24)/b17-13-. The third-order valence-corrected chi connectivity index (χ3v) is 4.33. The van der Waals surface area contributed by atoms with Gasteiger partial charge in [-0.15, -0.1) is 0 Å². The largest absolute Gasteiger partial charge is 0.373 e. The second-order valence-electron chi connectivity index (χ2n) is 6.52. The highest BCUT2D eigenvalue weighted by Gasteiger charge is 2.19. The molecule has 0 unspecified atom stereocenters. The number of nitrogens with one attached hydrogen (secondary N) is 1. The summed E-state index contributed by atoms with van der Waals surface area (Å²) in [5.74, 6) is -0.301. The zero-order chi connectivity index (χ0) is 17.7. The Morgan fingerprint density at radius 3 is 2.50 bits per heavy atom. The van der Waals surface area contributed by atoms with Gasteiger partial charge in [-0.3, -0.25) is 4.79 Å². The van der Waals surface area contributed by atoms with Gasteiger partial charge in [0, 0.05) is 44.1 Å². The second-order valence-corrected chi connectivity index (χ2v) is 6.52. The van der Waals surface area contributed by atoms with Gasteiger partial charge in [-0.2, -0.15) is 5.26 Å². The molecule has 1 amide bonds. The predicted molar refractivity (Wildman–Crippen MR) is 96.7 cm³/mol. The molecular weight excluding hydrogens is 300 g/mol. The van der Waals surface area contributed by atoms with Gasteiger partial charge in [0.15, 0.2) is 0 Å². The minimum absolute atomic E-state index is 0.0235. The summed E-state index contributed by atoms with van der Waals surface area (Å²) < 4.78 is 0. The third-order valence-electron chi connectivity index (χ3n) is 4.33. The van der Waals surface area contributed by atoms with Crippen LogP contribution in [-0.2, 0) is 4.79 Å². The van der Waals surface area contributed by atoms with Gasteiger partial charge in [-0.1, -0.05) is 12.1 Å². The number of carbonyl (C=O) groups excluding carboxylic acids is 1. The molecule has 128 valence electrons. The van der Waals surface area contributed by atoms with Gasteiger partial charge < -0.3 is 15.1 Å². The van der Waals surface area contributed by atoms with Crippen LogP contribution in [-0.4, -0.2) is 43.0 Å². The maximum absolute atomic E-state index is 12.0. The van der Waals surface area contributed by atoms with Gasteiger partial charge in [0.05, 0.1) is 0 Å². The summed E-state index contributed by atoms with van der Waals surface area (Å²) in [4.78, 5) is 16.4. The van der Waals surface area contributed by atoms with E-state index in [0.29, 0.717) is 0 Å². The first-order valence-corrected chi connectivity index (χ1v) is 8.40. The van der Waals surface area contributed by atoms with Crippen LogP contribution in [0.3, 0.4) is 0 Å². The Morgan fingerprint density at radius 1 is 1.25 bits per heavy atom. The number of benzene rings is 1. The fourth-order valence-corrected chi connectivity index (χ4v) is 2.83. The van der Waals surface area contributed by atoms with E-state index in [-0.39, 0.29) is 17.5 Å². The molecule has 1 saturated heterocycles. The van der Waals surface area contributed by atoms with Gasteiger partial charge in [0.2, 0.25) is 0 Å². The molecule has 1 aromatic rings. The lowest BCUT2D eigenvalue weighted by molar-refractivity contribution is -0.117. The molecule has 0 aromatic heterocycles. The second kappa shape index (κ2) is 7.87. The van der Waals surface area contributed by atoms with E-state index in [2.05, 4.69) is 47.2 Å². The molecule has 1 aliphatic rings. The molecule has 0 atom stereocenters. The van der Waals surface area contributed by atoms with Crippen LogP contribution in [0, 0.1) is 25.2 Å². The fraction of sp³-hybridized carbons (Fsp3) is 0.474. The lowest BCUT2D eigenvalue weighted by atomic mass is 10.1. The Balaban J connectivity index is 2.02. The number of amides is 1. The van der Waals surface area contributed by atoms with E-state index < -0.39 is 0 Å². The zero-order valence-electron chi connectivity index (χ0n) is 15.0. The van der Waals surface area contributed by atoms with Crippen LogP contribution < -0.4 is 10.2 Å². The minimum Gasteiger partial charge on any atom is -0.373 e. The molecule has 1 N–H and O–H groups in total. The number of rotatable bonds is 4. The van der Waals surface area contributed by atoms with Gasteiger partial charge in [-0.25, -0.2) is 0 Å². The molecular formula is C19H26N4O. The highest BCUT2D eigenvalue weighted by atomic mass is 16.1. The van der Waals surface area contributed by atoms with Gasteiger partial charge in [0.1, 0.15) is 11.6 Å². The third kappa shape index (κ3) is 4.29. The van der Waals surface area contributed by atoms with Crippen molar-refractivity contribution in [2.75, 3.05) is 31.1 Å². The molecule has 24 heavy (non-hydrogen) atoms. The number of piperazine rings is 1. The first-order chi connectivity index (χ1) is 11.4. The van der Waals surface area contributed by atoms with Crippen LogP contribution >= 0.6 is 0 Å². The van der Waals surface area contributed by atoms with E-state index >= 15 is 0 Å². The Labute approximate surface area is 144 Å². The lowest BCUT2D eigenvalue weighted by Crippen LogP contribution is -2.45. The summed E-state index contributed by atoms with van der Waals surface area (Å²) in [7, 11) is 0. The van der Waals surface area contributed by atoms with Crippen LogP contribution in [0.25, 0.3) is 0 Å². The predicted octanol–water partition coefficient (Wildman–Crippen LogP) is 2.36. The highest BCUT2D eigenvalue weighted by Crippen LogP contribution is 2.24.